The molecule has 108 valence electrons. The fourth-order valence-electron chi connectivity index (χ4n) is 2.37. The molecule has 3 aromatic rings. The number of halogens is 1. The Morgan fingerprint density at radius 3 is 2.33 bits per heavy atom. The van der Waals surface area contributed by atoms with Crippen molar-refractivity contribution in [2.45, 2.75) is 18.7 Å². The van der Waals surface area contributed by atoms with Gasteiger partial charge in [0, 0.05) is 5.56 Å². The molecular formula is C15H13BrN2O3. The molecule has 2 heterocycles. The topological polar surface area (TPSA) is 78.9 Å². The molecule has 1 aromatic carbocycles. The average molecular weight is 349 g/mol. The molecule has 21 heavy (non-hydrogen) atoms. The summed E-state index contributed by atoms with van der Waals surface area (Å²) in [7, 11) is 0. The molecule has 0 fully saturated rings. The van der Waals surface area contributed by atoms with Gasteiger partial charge in [0.2, 0.25) is 0 Å². The second-order valence-corrected chi connectivity index (χ2v) is 5.86. The van der Waals surface area contributed by atoms with Gasteiger partial charge >= 0.3 is 11.1 Å². The van der Waals surface area contributed by atoms with E-state index in [2.05, 4.69) is 25.9 Å². The van der Waals surface area contributed by atoms with Crippen molar-refractivity contribution in [3.8, 4) is 0 Å². The highest BCUT2D eigenvalue weighted by molar-refractivity contribution is 9.09. The maximum absolute atomic E-state index is 11.4. The molecule has 2 N–H and O–H groups in total. The van der Waals surface area contributed by atoms with Crippen LogP contribution in [0.5, 0.6) is 0 Å². The van der Waals surface area contributed by atoms with Crippen LogP contribution in [0.1, 0.15) is 27.5 Å². The normalized spacial score (nSPS) is 12.7. The van der Waals surface area contributed by atoms with Crippen molar-refractivity contribution in [2.24, 2.45) is 0 Å². The molecule has 3 rings (SSSR count). The monoisotopic (exact) mass is 348 g/mol. The first kappa shape index (κ1) is 13.9. The van der Waals surface area contributed by atoms with Crippen LogP contribution < -0.4 is 11.1 Å². The number of nitrogens with one attached hydrogen (secondary N) is 2. The molecule has 0 radical (unpaired) electrons. The summed E-state index contributed by atoms with van der Waals surface area (Å²) in [6.45, 7) is 3.82. The van der Waals surface area contributed by atoms with E-state index in [1.165, 1.54) is 0 Å². The largest absolute Gasteiger partial charge is 0.466 e. The Hall–Kier alpha value is -2.08. The maximum atomic E-state index is 11.4. The van der Waals surface area contributed by atoms with E-state index in [1.807, 2.05) is 32.0 Å². The average Bonchev–Trinajstić information content (AvgIpc) is 2.78. The van der Waals surface area contributed by atoms with Crippen LogP contribution >= 0.6 is 15.9 Å². The van der Waals surface area contributed by atoms with Gasteiger partial charge in [0.1, 0.15) is 11.5 Å². The Labute approximate surface area is 128 Å². The van der Waals surface area contributed by atoms with E-state index < -0.39 is 11.1 Å². The van der Waals surface area contributed by atoms with Crippen molar-refractivity contribution in [1.82, 2.24) is 9.97 Å². The number of fused-ring (bicyclic) bond motifs is 1. The minimum atomic E-state index is -0.652. The lowest BCUT2D eigenvalue weighted by atomic mass is 10.0. The SMILES string of the molecule is Cc1cc(C(Br)c2ccc3[nH]c(=O)c(=O)[nH]c3c2)c(C)o1. The number of benzene rings is 1. The fraction of sp³-hybridized carbons (Fsp3) is 0.200. The van der Waals surface area contributed by atoms with E-state index in [4.69, 9.17) is 4.42 Å². The van der Waals surface area contributed by atoms with E-state index in [-0.39, 0.29) is 4.83 Å². The Bertz CT molecular complexity index is 936. The second kappa shape index (κ2) is 5.04. The molecule has 0 saturated carbocycles. The highest BCUT2D eigenvalue weighted by Crippen LogP contribution is 2.35. The van der Waals surface area contributed by atoms with Crippen LogP contribution in [0.25, 0.3) is 11.0 Å². The molecule has 0 amide bonds. The van der Waals surface area contributed by atoms with Gasteiger partial charge in [0.15, 0.2) is 0 Å². The molecular weight excluding hydrogens is 336 g/mol. The molecule has 0 aliphatic heterocycles. The summed E-state index contributed by atoms with van der Waals surface area (Å²) in [6, 6.07) is 7.50. The first-order chi connectivity index (χ1) is 9.95. The first-order valence-corrected chi connectivity index (χ1v) is 7.34. The van der Waals surface area contributed by atoms with Gasteiger partial charge in [0.05, 0.1) is 15.9 Å². The third-order valence-electron chi connectivity index (χ3n) is 3.39. The Morgan fingerprint density at radius 2 is 1.71 bits per heavy atom. The van der Waals surface area contributed by atoms with E-state index in [0.717, 1.165) is 22.6 Å². The van der Waals surface area contributed by atoms with E-state index in [1.54, 1.807) is 6.07 Å². The number of hydrogen-bond acceptors (Lipinski definition) is 3. The summed E-state index contributed by atoms with van der Waals surface area (Å²) < 4.78 is 5.54. The molecule has 6 heteroatoms. The van der Waals surface area contributed by atoms with Gasteiger partial charge in [-0.15, -0.1) is 0 Å². The summed E-state index contributed by atoms with van der Waals surface area (Å²) in [5, 5.41) is 0. The molecule has 0 aliphatic rings. The molecule has 0 aliphatic carbocycles. The van der Waals surface area contributed by atoms with Gasteiger partial charge in [-0.2, -0.15) is 0 Å². The highest BCUT2D eigenvalue weighted by Gasteiger charge is 2.17. The predicted octanol–water partition coefficient (Wildman–Crippen LogP) is 2.91. The number of aromatic nitrogens is 2. The van der Waals surface area contributed by atoms with Crippen LogP contribution in [0.15, 0.2) is 38.3 Å². The number of aromatic amines is 2. The van der Waals surface area contributed by atoms with Gasteiger partial charge in [0.25, 0.3) is 0 Å². The minimum absolute atomic E-state index is 0.0465. The Kier molecular flexibility index (Phi) is 3.33. The molecule has 0 spiro atoms. The summed E-state index contributed by atoms with van der Waals surface area (Å²) in [5.41, 5.74) is 1.91. The number of furan rings is 1. The van der Waals surface area contributed by atoms with Gasteiger partial charge in [-0.3, -0.25) is 9.59 Å². The predicted molar refractivity (Wildman–Crippen MR) is 84.1 cm³/mol. The van der Waals surface area contributed by atoms with Gasteiger partial charge < -0.3 is 14.4 Å². The lowest BCUT2D eigenvalue weighted by molar-refractivity contribution is 0.502. The standard InChI is InChI=1S/C15H13BrN2O3/c1-7-5-10(8(2)21-7)13(16)9-3-4-11-12(6-9)18-15(20)14(19)17-11/h3-6,13H,1-2H3,(H,17,19)(H,18,20). The molecule has 0 saturated heterocycles. The van der Waals surface area contributed by atoms with Crippen molar-refractivity contribution in [3.63, 3.8) is 0 Å². The van der Waals surface area contributed by atoms with Crippen molar-refractivity contribution >= 4 is 27.0 Å². The van der Waals surface area contributed by atoms with E-state index >= 15 is 0 Å². The van der Waals surface area contributed by atoms with Crippen LogP contribution in [-0.2, 0) is 0 Å². The fourth-order valence-corrected chi connectivity index (χ4v) is 3.11. The van der Waals surface area contributed by atoms with Crippen molar-refractivity contribution < 1.29 is 4.42 Å². The van der Waals surface area contributed by atoms with Gasteiger partial charge in [-0.1, -0.05) is 22.0 Å². The Morgan fingerprint density at radius 1 is 1.05 bits per heavy atom. The zero-order valence-corrected chi connectivity index (χ0v) is 13.1. The van der Waals surface area contributed by atoms with Crippen LogP contribution in [0.3, 0.4) is 0 Å². The lowest BCUT2D eigenvalue weighted by Gasteiger charge is -2.10. The molecule has 2 aromatic heterocycles. The zero-order chi connectivity index (χ0) is 15.1. The van der Waals surface area contributed by atoms with Crippen molar-refractivity contribution in [3.05, 3.63) is 67.6 Å². The molecule has 1 atom stereocenters. The number of hydrogen-bond donors (Lipinski definition) is 2. The zero-order valence-electron chi connectivity index (χ0n) is 11.5. The number of H-pyrrole nitrogens is 2. The van der Waals surface area contributed by atoms with Crippen LogP contribution in [0.4, 0.5) is 0 Å². The first-order valence-electron chi connectivity index (χ1n) is 6.43. The summed E-state index contributed by atoms with van der Waals surface area (Å²) in [5.74, 6) is 1.70. The van der Waals surface area contributed by atoms with E-state index in [0.29, 0.717) is 11.0 Å². The second-order valence-electron chi connectivity index (χ2n) is 4.94. The van der Waals surface area contributed by atoms with Crippen molar-refractivity contribution in [1.29, 1.82) is 0 Å². The van der Waals surface area contributed by atoms with Crippen molar-refractivity contribution in [2.75, 3.05) is 0 Å². The molecule has 1 unspecified atom stereocenters. The lowest BCUT2D eigenvalue weighted by Crippen LogP contribution is -2.28. The summed E-state index contributed by atoms with van der Waals surface area (Å²) >= 11 is 3.65. The number of aryl methyl sites for hydroxylation is 2. The van der Waals surface area contributed by atoms with Crippen LogP contribution in [0, 0.1) is 13.8 Å². The van der Waals surface area contributed by atoms with Crippen LogP contribution in [0.2, 0.25) is 0 Å². The molecule has 0 bridgehead atoms. The smallest absolute Gasteiger partial charge is 0.314 e. The van der Waals surface area contributed by atoms with Crippen LogP contribution in [-0.4, -0.2) is 9.97 Å². The minimum Gasteiger partial charge on any atom is -0.466 e. The highest BCUT2D eigenvalue weighted by atomic mass is 79.9. The summed E-state index contributed by atoms with van der Waals surface area (Å²) in [6.07, 6.45) is 0. The summed E-state index contributed by atoms with van der Waals surface area (Å²) in [4.78, 5) is 27.8. The van der Waals surface area contributed by atoms with Gasteiger partial charge in [-0.25, -0.2) is 0 Å². The number of rotatable bonds is 2. The maximum Gasteiger partial charge on any atom is 0.314 e. The van der Waals surface area contributed by atoms with Gasteiger partial charge in [-0.05, 0) is 37.6 Å². The number of alkyl halides is 1. The third-order valence-corrected chi connectivity index (χ3v) is 4.41. The van der Waals surface area contributed by atoms with E-state index in [9.17, 15) is 9.59 Å². The third kappa shape index (κ3) is 2.47. The quantitative estimate of drug-likeness (QED) is 0.552. The Balaban J connectivity index is 2.12. The molecule has 5 nitrogen and oxygen atoms in total.